The maximum Gasteiger partial charge on any atom is 2.00 e. The van der Waals surface area contributed by atoms with Gasteiger partial charge >= 0.3 is 62.9 Å². The van der Waals surface area contributed by atoms with E-state index >= 15 is 0 Å². The van der Waals surface area contributed by atoms with Gasteiger partial charge in [-0.25, -0.2) is 4.79 Å². The molecule has 1 rings (SSSR count). The van der Waals surface area contributed by atoms with E-state index in [4.69, 9.17) is 23.4 Å². The quantitative estimate of drug-likeness (QED) is 0.197. The van der Waals surface area contributed by atoms with Crippen LogP contribution < -0.4 is 4.74 Å². The first kappa shape index (κ1) is 29.9. The minimum absolute atomic E-state index is 0. The smallest absolute Gasteiger partial charge is 0.454 e. The van der Waals surface area contributed by atoms with Crippen molar-refractivity contribution in [3.05, 3.63) is 76.2 Å². The Hall–Kier alpha value is -2.10. The summed E-state index contributed by atoms with van der Waals surface area (Å²) in [7, 11) is 0. The van der Waals surface area contributed by atoms with E-state index in [1.165, 1.54) is 38.5 Å². The summed E-state index contributed by atoms with van der Waals surface area (Å²) in [5.74, 6) is -0.913. The van der Waals surface area contributed by atoms with Gasteiger partial charge in [-0.15, -0.1) is 0 Å². The SMILES string of the molecule is [C-]#[O+].[C-]#[O+].[C-]#[O+].[CH2][CH][CH][CH]OC(=O)c1ccccc1OC(C)=O.[Fe+2]. The molecule has 0 heterocycles. The van der Waals surface area contributed by atoms with Gasteiger partial charge in [-0.2, -0.15) is 0 Å². The number of benzene rings is 1. The molecule has 8 heteroatoms. The summed E-state index contributed by atoms with van der Waals surface area (Å²) in [5, 5.41) is 0. The Kier molecular flexibility index (Phi) is 28.8. The first-order valence-electron chi connectivity index (χ1n) is 5.52. The Morgan fingerprint density at radius 3 is 2.04 bits per heavy atom. The van der Waals surface area contributed by atoms with Gasteiger partial charge in [0.25, 0.3) is 0 Å². The molecule has 0 aromatic heterocycles. The summed E-state index contributed by atoms with van der Waals surface area (Å²) in [5.41, 5.74) is 0.191. The van der Waals surface area contributed by atoms with Crippen LogP contribution in [0.15, 0.2) is 24.3 Å². The van der Waals surface area contributed by atoms with Crippen molar-refractivity contribution in [2.24, 2.45) is 0 Å². The molecular weight excluding hydrogens is 360 g/mol. The third-order valence-electron chi connectivity index (χ3n) is 1.75. The number of esters is 2. The molecule has 124 valence electrons. The molecule has 1 aromatic rings. The number of para-hydroxylation sites is 1. The first-order chi connectivity index (χ1) is 11.1. The number of unbranched alkanes of at least 4 members (excludes halogenated alkanes) is 1. The van der Waals surface area contributed by atoms with Gasteiger partial charge in [0, 0.05) is 13.3 Å². The zero-order chi connectivity index (χ0) is 18.7. The molecule has 0 aliphatic rings. The molecule has 0 amide bonds. The van der Waals surface area contributed by atoms with Crippen molar-refractivity contribution in [1.29, 1.82) is 0 Å². The Bertz CT molecular complexity index is 506. The first-order valence-corrected chi connectivity index (χ1v) is 5.52. The van der Waals surface area contributed by atoms with Gasteiger partial charge in [0.05, 0.1) is 0 Å². The molecule has 7 nitrogen and oxygen atoms in total. The second-order valence-electron chi connectivity index (χ2n) is 3.06. The maximum absolute atomic E-state index is 11.6. The predicted octanol–water partition coefficient (Wildman–Crippen LogP) is 2.06. The predicted molar refractivity (Wildman–Crippen MR) is 73.2 cm³/mol. The summed E-state index contributed by atoms with van der Waals surface area (Å²) in [4.78, 5) is 22.5. The average Bonchev–Trinajstić information content (AvgIpc) is 2.60. The molecule has 0 N–H and O–H groups in total. The minimum atomic E-state index is -0.597. The molecule has 0 bridgehead atoms. The average molecular weight is 372 g/mol. The van der Waals surface area contributed by atoms with Crippen LogP contribution in [0.25, 0.3) is 0 Å². The van der Waals surface area contributed by atoms with E-state index < -0.39 is 11.9 Å². The molecule has 0 aliphatic carbocycles. The van der Waals surface area contributed by atoms with Crippen LogP contribution in [-0.4, -0.2) is 11.9 Å². The Labute approximate surface area is 151 Å². The van der Waals surface area contributed by atoms with Gasteiger partial charge in [0.15, 0.2) is 0 Å². The number of rotatable bonds is 5. The molecule has 4 radical (unpaired) electrons. The Morgan fingerprint density at radius 1 is 1.08 bits per heavy atom. The summed E-state index contributed by atoms with van der Waals surface area (Å²) < 4.78 is 32.2. The normalized spacial score (nSPS) is 7.17. The van der Waals surface area contributed by atoms with Gasteiger partial charge in [0.2, 0.25) is 0 Å². The molecule has 0 spiro atoms. The third-order valence-corrected chi connectivity index (χ3v) is 1.75. The second-order valence-corrected chi connectivity index (χ2v) is 3.06. The Balaban J connectivity index is -0.000000256. The molecule has 0 saturated carbocycles. The van der Waals surface area contributed by atoms with Crippen molar-refractivity contribution < 1.29 is 50.1 Å². The van der Waals surface area contributed by atoms with Crippen molar-refractivity contribution in [3.8, 4) is 5.75 Å². The molecule has 0 atom stereocenters. The molecular formula is C16H12FeO7+2. The number of hydrogen-bond acceptors (Lipinski definition) is 4. The van der Waals surface area contributed by atoms with Crippen LogP contribution in [0.3, 0.4) is 0 Å². The molecule has 0 saturated heterocycles. The zero-order valence-electron chi connectivity index (χ0n) is 12.5. The largest absolute Gasteiger partial charge is 2.00 e. The summed E-state index contributed by atoms with van der Waals surface area (Å²) >= 11 is 0. The molecule has 24 heavy (non-hydrogen) atoms. The van der Waals surface area contributed by atoms with Crippen LogP contribution in [0.5, 0.6) is 5.75 Å². The summed E-state index contributed by atoms with van der Waals surface area (Å²) in [6, 6.07) is 6.35. The molecule has 1 aromatic carbocycles. The van der Waals surface area contributed by atoms with Crippen LogP contribution in [0.4, 0.5) is 0 Å². The van der Waals surface area contributed by atoms with E-state index in [-0.39, 0.29) is 28.4 Å². The van der Waals surface area contributed by atoms with E-state index in [0.29, 0.717) is 0 Å². The second kappa shape index (κ2) is 23.2. The number of ether oxygens (including phenoxy) is 2. The van der Waals surface area contributed by atoms with E-state index in [2.05, 4.69) is 26.9 Å². The van der Waals surface area contributed by atoms with Gasteiger partial charge < -0.3 is 9.47 Å². The standard InChI is InChI=1S/C13H12O4.3CO.Fe/c1-3-4-9-16-13(15)11-7-5-6-8-12(11)17-10(2)14;3*1-2;/h3-9H,1H2,2H3;;;;/q;;;;+2. The van der Waals surface area contributed by atoms with Crippen LogP contribution in [0.2, 0.25) is 0 Å². The van der Waals surface area contributed by atoms with E-state index in [9.17, 15) is 9.59 Å². The van der Waals surface area contributed by atoms with Crippen LogP contribution in [-0.2, 0) is 40.6 Å². The summed E-state index contributed by atoms with van der Waals surface area (Å²) in [6.45, 7) is 19.4. The van der Waals surface area contributed by atoms with Crippen molar-refractivity contribution in [1.82, 2.24) is 0 Å². The molecule has 0 aliphatic heterocycles. The zero-order valence-corrected chi connectivity index (χ0v) is 13.6. The van der Waals surface area contributed by atoms with Crippen LogP contribution in [0.1, 0.15) is 17.3 Å². The van der Waals surface area contributed by atoms with Gasteiger partial charge in [-0.3, -0.25) is 4.79 Å². The molecule has 0 unspecified atom stereocenters. The number of carbonyl (C=O) groups is 2. The van der Waals surface area contributed by atoms with Crippen molar-refractivity contribution in [3.63, 3.8) is 0 Å². The topological polar surface area (TPSA) is 112 Å². The Morgan fingerprint density at radius 2 is 1.58 bits per heavy atom. The van der Waals surface area contributed by atoms with Gasteiger partial charge in [-0.05, 0) is 25.5 Å². The fourth-order valence-corrected chi connectivity index (χ4v) is 1.10. The van der Waals surface area contributed by atoms with Crippen molar-refractivity contribution >= 4 is 11.9 Å². The van der Waals surface area contributed by atoms with E-state index in [0.717, 1.165) is 0 Å². The van der Waals surface area contributed by atoms with Crippen LogP contribution in [0, 0.1) is 46.3 Å². The van der Waals surface area contributed by atoms with Gasteiger partial charge in [0.1, 0.15) is 17.9 Å². The fraction of sp³-hybridized carbons (Fsp3) is 0.0625. The molecule has 0 fully saturated rings. The summed E-state index contributed by atoms with van der Waals surface area (Å²) in [6.07, 6.45) is 2.96. The maximum atomic E-state index is 11.6. The van der Waals surface area contributed by atoms with Gasteiger partial charge in [-0.1, -0.05) is 12.1 Å². The van der Waals surface area contributed by atoms with Crippen molar-refractivity contribution in [2.75, 3.05) is 0 Å². The number of carbonyl (C=O) groups excluding carboxylic acids is 2. The van der Waals surface area contributed by atoms with E-state index in [1.807, 2.05) is 0 Å². The fourth-order valence-electron chi connectivity index (χ4n) is 1.10. The van der Waals surface area contributed by atoms with Crippen LogP contribution >= 0.6 is 0 Å². The van der Waals surface area contributed by atoms with E-state index in [1.54, 1.807) is 12.1 Å². The minimum Gasteiger partial charge on any atom is -0.454 e. The third kappa shape index (κ3) is 14.8. The van der Waals surface area contributed by atoms with Crippen molar-refractivity contribution in [2.45, 2.75) is 6.92 Å². The number of hydrogen-bond donors (Lipinski definition) is 0. The monoisotopic (exact) mass is 372 g/mol.